The lowest BCUT2D eigenvalue weighted by Gasteiger charge is -2.11. The standard InChI is InChI=1S/C25H18ClN5O3/c26-18-4-1-5-19(14-18)31-21(22-7-3-13-33-22)15-20(30-31)25(32)29-24-23(6-2-10-28-24)34-16-17-8-11-27-12-9-17/h1-15H,16H2,(H,28,29,32). The highest BCUT2D eigenvalue weighted by molar-refractivity contribution is 6.30. The maximum Gasteiger partial charge on any atom is 0.277 e. The molecular weight excluding hydrogens is 454 g/mol. The third kappa shape index (κ3) is 4.67. The molecule has 0 aliphatic carbocycles. The second-order valence-electron chi connectivity index (χ2n) is 7.23. The molecule has 9 heteroatoms. The van der Waals surface area contributed by atoms with Crippen LogP contribution in [-0.2, 0) is 6.61 Å². The fourth-order valence-corrected chi connectivity index (χ4v) is 3.49. The van der Waals surface area contributed by atoms with Crippen molar-refractivity contribution in [3.05, 3.63) is 108 Å². The van der Waals surface area contributed by atoms with Crippen molar-refractivity contribution in [2.45, 2.75) is 6.61 Å². The number of anilines is 1. The summed E-state index contributed by atoms with van der Waals surface area (Å²) < 4.78 is 13.0. The van der Waals surface area contributed by atoms with E-state index < -0.39 is 5.91 Å². The van der Waals surface area contributed by atoms with Gasteiger partial charge in [-0.3, -0.25) is 9.78 Å². The molecule has 34 heavy (non-hydrogen) atoms. The summed E-state index contributed by atoms with van der Waals surface area (Å²) in [6, 6.07) is 19.6. The van der Waals surface area contributed by atoms with Crippen LogP contribution in [-0.4, -0.2) is 25.7 Å². The van der Waals surface area contributed by atoms with Gasteiger partial charge in [0.2, 0.25) is 0 Å². The van der Waals surface area contributed by atoms with E-state index in [1.807, 2.05) is 24.3 Å². The quantitative estimate of drug-likeness (QED) is 0.341. The molecule has 5 aromatic rings. The van der Waals surface area contributed by atoms with Crippen LogP contribution in [0, 0.1) is 0 Å². The van der Waals surface area contributed by atoms with Gasteiger partial charge >= 0.3 is 0 Å². The van der Waals surface area contributed by atoms with Crippen molar-refractivity contribution < 1.29 is 13.9 Å². The molecule has 1 aromatic carbocycles. The van der Waals surface area contributed by atoms with Crippen molar-refractivity contribution in [1.29, 1.82) is 0 Å². The van der Waals surface area contributed by atoms with Crippen molar-refractivity contribution in [3.8, 4) is 22.9 Å². The lowest BCUT2D eigenvalue weighted by molar-refractivity contribution is 0.102. The third-order valence-corrected chi connectivity index (χ3v) is 5.15. The average Bonchev–Trinajstić information content (AvgIpc) is 3.54. The highest BCUT2D eigenvalue weighted by Gasteiger charge is 2.20. The first kappa shape index (κ1) is 21.4. The zero-order chi connectivity index (χ0) is 23.3. The predicted molar refractivity (Wildman–Crippen MR) is 127 cm³/mol. The molecule has 0 spiro atoms. The molecule has 0 atom stereocenters. The Hall–Kier alpha value is -4.43. The zero-order valence-electron chi connectivity index (χ0n) is 17.8. The molecule has 1 amide bonds. The second kappa shape index (κ2) is 9.60. The summed E-state index contributed by atoms with van der Waals surface area (Å²) in [5, 5.41) is 7.85. The number of carbonyl (C=O) groups is 1. The molecule has 0 aliphatic rings. The third-order valence-electron chi connectivity index (χ3n) is 4.91. The van der Waals surface area contributed by atoms with Crippen LogP contribution in [0.3, 0.4) is 0 Å². The van der Waals surface area contributed by atoms with Gasteiger partial charge in [-0.05, 0) is 60.2 Å². The van der Waals surface area contributed by atoms with Crippen LogP contribution in [0.1, 0.15) is 16.1 Å². The van der Waals surface area contributed by atoms with Gasteiger partial charge in [0.15, 0.2) is 23.0 Å². The average molecular weight is 472 g/mol. The molecular formula is C25H18ClN5O3. The van der Waals surface area contributed by atoms with Gasteiger partial charge in [0.25, 0.3) is 5.91 Å². The fraction of sp³-hybridized carbons (Fsp3) is 0.0400. The molecule has 0 bridgehead atoms. The highest BCUT2D eigenvalue weighted by Crippen LogP contribution is 2.27. The molecule has 1 N–H and O–H groups in total. The number of hydrogen-bond donors (Lipinski definition) is 1. The zero-order valence-corrected chi connectivity index (χ0v) is 18.5. The van der Waals surface area contributed by atoms with Crippen LogP contribution in [0.2, 0.25) is 5.02 Å². The smallest absolute Gasteiger partial charge is 0.277 e. The van der Waals surface area contributed by atoms with Gasteiger partial charge in [-0.15, -0.1) is 0 Å². The summed E-state index contributed by atoms with van der Waals surface area (Å²) in [4.78, 5) is 21.4. The summed E-state index contributed by atoms with van der Waals surface area (Å²) >= 11 is 6.17. The van der Waals surface area contributed by atoms with Gasteiger partial charge in [-0.1, -0.05) is 17.7 Å². The summed E-state index contributed by atoms with van der Waals surface area (Å²) in [5.41, 5.74) is 2.42. The number of nitrogens with one attached hydrogen (secondary N) is 1. The second-order valence-corrected chi connectivity index (χ2v) is 7.67. The molecule has 8 nitrogen and oxygen atoms in total. The minimum Gasteiger partial charge on any atom is -0.485 e. The first-order chi connectivity index (χ1) is 16.7. The lowest BCUT2D eigenvalue weighted by atomic mass is 10.2. The van der Waals surface area contributed by atoms with E-state index in [1.54, 1.807) is 72.0 Å². The van der Waals surface area contributed by atoms with Gasteiger partial charge in [0.1, 0.15) is 12.3 Å². The molecule has 0 radical (unpaired) electrons. The van der Waals surface area contributed by atoms with E-state index in [4.69, 9.17) is 20.8 Å². The van der Waals surface area contributed by atoms with Gasteiger partial charge in [-0.25, -0.2) is 9.67 Å². The molecule has 4 heterocycles. The van der Waals surface area contributed by atoms with E-state index >= 15 is 0 Å². The number of furan rings is 1. The van der Waals surface area contributed by atoms with E-state index in [0.717, 1.165) is 5.56 Å². The van der Waals surface area contributed by atoms with Crippen molar-refractivity contribution >= 4 is 23.3 Å². The molecule has 0 saturated heterocycles. The minimum absolute atomic E-state index is 0.178. The van der Waals surface area contributed by atoms with Crippen LogP contribution >= 0.6 is 11.6 Å². The van der Waals surface area contributed by atoms with E-state index in [-0.39, 0.29) is 5.69 Å². The van der Waals surface area contributed by atoms with Crippen molar-refractivity contribution in [2.75, 3.05) is 5.32 Å². The molecule has 5 rings (SSSR count). The minimum atomic E-state index is -0.443. The Labute approximate surface area is 199 Å². The Morgan fingerprint density at radius 2 is 1.91 bits per heavy atom. The number of benzene rings is 1. The number of nitrogens with zero attached hydrogens (tertiary/aromatic N) is 4. The Balaban J connectivity index is 1.42. The Morgan fingerprint density at radius 1 is 1.03 bits per heavy atom. The Morgan fingerprint density at radius 3 is 2.71 bits per heavy atom. The molecule has 0 saturated carbocycles. The Bertz CT molecular complexity index is 1420. The number of pyridine rings is 2. The fourth-order valence-electron chi connectivity index (χ4n) is 3.31. The number of ether oxygens (including phenoxy) is 1. The van der Waals surface area contributed by atoms with Crippen LogP contribution < -0.4 is 10.1 Å². The summed E-state index contributed by atoms with van der Waals surface area (Å²) in [7, 11) is 0. The van der Waals surface area contributed by atoms with Crippen molar-refractivity contribution in [2.24, 2.45) is 0 Å². The molecule has 0 unspecified atom stereocenters. The SMILES string of the molecule is O=C(Nc1ncccc1OCc1ccncc1)c1cc(-c2ccco2)n(-c2cccc(Cl)c2)n1. The van der Waals surface area contributed by atoms with Crippen LogP contribution in [0.4, 0.5) is 5.82 Å². The van der Waals surface area contributed by atoms with E-state index in [0.29, 0.717) is 40.3 Å². The number of hydrogen-bond acceptors (Lipinski definition) is 6. The molecule has 4 aromatic heterocycles. The predicted octanol–water partition coefficient (Wildman–Crippen LogP) is 5.41. The molecule has 168 valence electrons. The normalized spacial score (nSPS) is 10.7. The first-order valence-corrected chi connectivity index (χ1v) is 10.7. The van der Waals surface area contributed by atoms with Gasteiger partial charge < -0.3 is 14.5 Å². The van der Waals surface area contributed by atoms with Gasteiger partial charge in [0.05, 0.1) is 12.0 Å². The molecule has 0 fully saturated rings. The number of amides is 1. The van der Waals surface area contributed by atoms with E-state index in [9.17, 15) is 4.79 Å². The van der Waals surface area contributed by atoms with Gasteiger partial charge in [0, 0.05) is 29.7 Å². The topological polar surface area (TPSA) is 95.1 Å². The number of carbonyl (C=O) groups excluding carboxylic acids is 1. The molecule has 0 aliphatic heterocycles. The van der Waals surface area contributed by atoms with Gasteiger partial charge in [-0.2, -0.15) is 5.10 Å². The highest BCUT2D eigenvalue weighted by atomic mass is 35.5. The van der Waals surface area contributed by atoms with E-state index in [1.165, 1.54) is 0 Å². The summed E-state index contributed by atoms with van der Waals surface area (Å²) in [6.45, 7) is 0.309. The number of halogens is 1. The largest absolute Gasteiger partial charge is 0.485 e. The number of rotatable bonds is 7. The summed E-state index contributed by atoms with van der Waals surface area (Å²) in [6.07, 6.45) is 6.52. The maximum atomic E-state index is 13.1. The lowest BCUT2D eigenvalue weighted by Crippen LogP contribution is -2.15. The number of aromatic nitrogens is 4. The van der Waals surface area contributed by atoms with Crippen molar-refractivity contribution in [1.82, 2.24) is 19.7 Å². The van der Waals surface area contributed by atoms with Crippen LogP contribution in [0.25, 0.3) is 17.1 Å². The summed E-state index contributed by atoms with van der Waals surface area (Å²) in [5.74, 6) is 0.846. The maximum absolute atomic E-state index is 13.1. The monoisotopic (exact) mass is 471 g/mol. The van der Waals surface area contributed by atoms with Crippen molar-refractivity contribution in [3.63, 3.8) is 0 Å². The van der Waals surface area contributed by atoms with Crippen LogP contribution in [0.5, 0.6) is 5.75 Å². The van der Waals surface area contributed by atoms with Crippen LogP contribution in [0.15, 0.2) is 96.0 Å². The first-order valence-electron chi connectivity index (χ1n) is 10.4. The van der Waals surface area contributed by atoms with E-state index in [2.05, 4.69) is 20.4 Å². The Kier molecular flexibility index (Phi) is 6.05.